The lowest BCUT2D eigenvalue weighted by molar-refractivity contribution is -0.118. The highest BCUT2D eigenvalue weighted by atomic mass is 32.1. The van der Waals surface area contributed by atoms with Gasteiger partial charge in [0.15, 0.2) is 0 Å². The molecule has 1 radical (unpaired) electrons. The molecular formula is C11H19N2O2S. The van der Waals surface area contributed by atoms with Crippen molar-refractivity contribution < 1.29 is 9.53 Å². The largest absolute Gasteiger partial charge is 0.381 e. The second-order valence-electron chi connectivity index (χ2n) is 4.21. The maximum absolute atomic E-state index is 10.7. The first-order valence-electron chi connectivity index (χ1n) is 5.59. The van der Waals surface area contributed by atoms with Gasteiger partial charge in [-0.3, -0.25) is 4.79 Å². The van der Waals surface area contributed by atoms with Crippen molar-refractivity contribution in [1.29, 1.82) is 0 Å². The third kappa shape index (κ3) is 5.42. The van der Waals surface area contributed by atoms with E-state index >= 15 is 0 Å². The highest BCUT2D eigenvalue weighted by Gasteiger charge is 2.16. The highest BCUT2D eigenvalue weighted by Crippen LogP contribution is 2.10. The minimum atomic E-state index is -0.294. The predicted molar refractivity (Wildman–Crippen MR) is 66.9 cm³/mol. The summed E-state index contributed by atoms with van der Waals surface area (Å²) in [6, 6.07) is 0.401. The fourth-order valence-electron chi connectivity index (χ4n) is 1.73. The molecule has 0 aromatic carbocycles. The number of rotatable bonds is 5. The van der Waals surface area contributed by atoms with Crippen LogP contribution >= 0.6 is 12.2 Å². The standard InChI is InChI=1S/C11H19N2O2S/c1-8(6-10(12)14)7-11(16)13-9-2-4-15-5-3-9/h7-9H,2-6H2,1H3,(H2,12,14)(H,13,16)/t8-/m1/s1. The second kappa shape index (κ2) is 6.81. The molecule has 5 heteroatoms. The van der Waals surface area contributed by atoms with Gasteiger partial charge in [-0.2, -0.15) is 0 Å². The summed E-state index contributed by atoms with van der Waals surface area (Å²) in [4.78, 5) is 11.4. The van der Waals surface area contributed by atoms with E-state index in [1.807, 2.05) is 13.3 Å². The summed E-state index contributed by atoms with van der Waals surface area (Å²) in [5, 5.41) is 3.27. The molecule has 3 N–H and O–H groups in total. The third-order valence-electron chi connectivity index (χ3n) is 2.53. The summed E-state index contributed by atoms with van der Waals surface area (Å²) in [6.07, 6.45) is 4.20. The minimum absolute atomic E-state index is 0.0948. The molecule has 0 bridgehead atoms. The lowest BCUT2D eigenvalue weighted by atomic mass is 10.0. The van der Waals surface area contributed by atoms with Crippen LogP contribution in [-0.2, 0) is 9.53 Å². The first kappa shape index (κ1) is 13.4. The fourth-order valence-corrected chi connectivity index (χ4v) is 2.12. The van der Waals surface area contributed by atoms with E-state index in [1.165, 1.54) is 0 Å². The van der Waals surface area contributed by atoms with Crippen molar-refractivity contribution in [3.05, 3.63) is 6.42 Å². The Hall–Kier alpha value is -0.680. The maximum Gasteiger partial charge on any atom is 0.217 e. The maximum atomic E-state index is 10.7. The Kier molecular flexibility index (Phi) is 5.69. The lowest BCUT2D eigenvalue weighted by Gasteiger charge is -2.25. The molecule has 1 aliphatic heterocycles. The zero-order valence-electron chi connectivity index (χ0n) is 9.57. The van der Waals surface area contributed by atoms with Gasteiger partial charge in [0.2, 0.25) is 5.91 Å². The van der Waals surface area contributed by atoms with Crippen LogP contribution < -0.4 is 11.1 Å². The predicted octanol–water partition coefficient (Wildman–Crippen LogP) is 0.798. The molecule has 4 nitrogen and oxygen atoms in total. The van der Waals surface area contributed by atoms with Gasteiger partial charge < -0.3 is 15.8 Å². The van der Waals surface area contributed by atoms with Crippen LogP contribution in [0.15, 0.2) is 0 Å². The third-order valence-corrected chi connectivity index (χ3v) is 2.78. The molecule has 1 fully saturated rings. The molecule has 1 amide bonds. The first-order valence-corrected chi connectivity index (χ1v) is 6.00. The van der Waals surface area contributed by atoms with Gasteiger partial charge in [0.25, 0.3) is 0 Å². The van der Waals surface area contributed by atoms with Crippen LogP contribution in [0.4, 0.5) is 0 Å². The second-order valence-corrected chi connectivity index (χ2v) is 4.65. The summed E-state index contributed by atoms with van der Waals surface area (Å²) in [6.45, 7) is 3.51. The van der Waals surface area contributed by atoms with Crippen LogP contribution in [0, 0.1) is 12.3 Å². The van der Waals surface area contributed by atoms with E-state index in [1.54, 1.807) is 0 Å². The molecule has 0 unspecified atom stereocenters. The van der Waals surface area contributed by atoms with E-state index in [9.17, 15) is 4.79 Å². The summed E-state index contributed by atoms with van der Waals surface area (Å²) >= 11 is 5.20. The average Bonchev–Trinajstić information content (AvgIpc) is 2.17. The Bertz CT molecular complexity index is 252. The normalized spacial score (nSPS) is 19.1. The number of carbonyl (C=O) groups is 1. The molecule has 1 aliphatic rings. The Morgan fingerprint density at radius 3 is 2.81 bits per heavy atom. The molecule has 91 valence electrons. The smallest absolute Gasteiger partial charge is 0.217 e. The molecule has 1 saturated heterocycles. The summed E-state index contributed by atoms with van der Waals surface area (Å²) in [7, 11) is 0. The number of thiocarbonyl (C=S) groups is 1. The van der Waals surface area contributed by atoms with Crippen molar-refractivity contribution in [3.8, 4) is 0 Å². The SMILES string of the molecule is C[C@@H]([CH]C(=S)NC1CCOCC1)CC(N)=O. The number of carbonyl (C=O) groups excluding carboxylic acids is 1. The van der Waals surface area contributed by atoms with E-state index in [0.717, 1.165) is 26.1 Å². The molecule has 0 aromatic heterocycles. The Morgan fingerprint density at radius 1 is 1.62 bits per heavy atom. The van der Waals surface area contributed by atoms with E-state index in [0.29, 0.717) is 17.5 Å². The Morgan fingerprint density at radius 2 is 2.25 bits per heavy atom. The van der Waals surface area contributed by atoms with Gasteiger partial charge in [-0.15, -0.1) is 0 Å². The molecule has 0 aliphatic carbocycles. The van der Waals surface area contributed by atoms with Gasteiger partial charge in [0.1, 0.15) is 0 Å². The quantitative estimate of drug-likeness (QED) is 0.701. The average molecular weight is 243 g/mol. The van der Waals surface area contributed by atoms with Crippen molar-refractivity contribution in [3.63, 3.8) is 0 Å². The van der Waals surface area contributed by atoms with Crippen LogP contribution in [0.25, 0.3) is 0 Å². The van der Waals surface area contributed by atoms with E-state index in [4.69, 9.17) is 22.7 Å². The molecular weight excluding hydrogens is 224 g/mol. The molecule has 0 aromatic rings. The number of primary amides is 1. The minimum Gasteiger partial charge on any atom is -0.381 e. The van der Waals surface area contributed by atoms with Crippen molar-refractivity contribution in [2.75, 3.05) is 13.2 Å². The van der Waals surface area contributed by atoms with Crippen LogP contribution in [0.2, 0.25) is 0 Å². The number of nitrogens with one attached hydrogen (secondary N) is 1. The molecule has 0 spiro atoms. The van der Waals surface area contributed by atoms with E-state index in [2.05, 4.69) is 5.32 Å². The van der Waals surface area contributed by atoms with Crippen molar-refractivity contribution in [1.82, 2.24) is 5.32 Å². The van der Waals surface area contributed by atoms with Crippen LogP contribution in [0.5, 0.6) is 0 Å². The Balaban J connectivity index is 2.21. The van der Waals surface area contributed by atoms with Gasteiger partial charge in [-0.1, -0.05) is 19.1 Å². The topological polar surface area (TPSA) is 64.3 Å². The fraction of sp³-hybridized carbons (Fsp3) is 0.727. The number of hydrogen-bond acceptors (Lipinski definition) is 3. The summed E-state index contributed by atoms with van der Waals surface area (Å²) < 4.78 is 5.26. The Labute approximate surface area is 102 Å². The monoisotopic (exact) mass is 243 g/mol. The molecule has 1 rings (SSSR count). The van der Waals surface area contributed by atoms with Crippen LogP contribution in [0.3, 0.4) is 0 Å². The molecule has 1 atom stereocenters. The molecule has 16 heavy (non-hydrogen) atoms. The highest BCUT2D eigenvalue weighted by molar-refractivity contribution is 7.80. The summed E-state index contributed by atoms with van der Waals surface area (Å²) in [5.41, 5.74) is 5.11. The van der Waals surface area contributed by atoms with E-state index in [-0.39, 0.29) is 11.8 Å². The van der Waals surface area contributed by atoms with Crippen molar-refractivity contribution >= 4 is 23.1 Å². The zero-order valence-corrected chi connectivity index (χ0v) is 10.4. The first-order chi connectivity index (χ1) is 7.58. The van der Waals surface area contributed by atoms with Crippen LogP contribution in [-0.4, -0.2) is 30.2 Å². The number of ether oxygens (including phenoxy) is 1. The number of amides is 1. The molecule has 1 heterocycles. The van der Waals surface area contributed by atoms with E-state index < -0.39 is 0 Å². The zero-order chi connectivity index (χ0) is 12.0. The van der Waals surface area contributed by atoms with Gasteiger partial charge in [0.05, 0.1) is 4.99 Å². The van der Waals surface area contributed by atoms with Crippen LogP contribution in [0.1, 0.15) is 26.2 Å². The molecule has 0 saturated carbocycles. The van der Waals surface area contributed by atoms with Gasteiger partial charge in [-0.25, -0.2) is 0 Å². The number of nitrogens with two attached hydrogens (primary N) is 1. The summed E-state index contributed by atoms with van der Waals surface area (Å²) in [5.74, 6) is -0.199. The lowest BCUT2D eigenvalue weighted by Crippen LogP contribution is -2.39. The number of hydrogen-bond donors (Lipinski definition) is 2. The van der Waals surface area contributed by atoms with Gasteiger partial charge in [0, 0.05) is 32.1 Å². The van der Waals surface area contributed by atoms with Crippen molar-refractivity contribution in [2.24, 2.45) is 11.7 Å². The van der Waals surface area contributed by atoms with Crippen molar-refractivity contribution in [2.45, 2.75) is 32.2 Å². The van der Waals surface area contributed by atoms with Gasteiger partial charge >= 0.3 is 0 Å². The van der Waals surface area contributed by atoms with Gasteiger partial charge in [-0.05, 0) is 18.8 Å².